The zero-order chi connectivity index (χ0) is 28.8. The third-order valence-electron chi connectivity index (χ3n) is 6.05. The minimum Gasteiger partial charge on any atom is -0.490 e. The molecule has 4 rings (SSSR count). The molecule has 3 aromatic rings. The van der Waals surface area contributed by atoms with Crippen molar-refractivity contribution in [2.75, 3.05) is 11.5 Å². The Bertz CT molecular complexity index is 1510. The van der Waals surface area contributed by atoms with Crippen molar-refractivity contribution in [2.45, 2.75) is 26.9 Å². The number of benzene rings is 3. The fraction of sp³-hybridized carbons (Fsp3) is 0.167. The van der Waals surface area contributed by atoms with Gasteiger partial charge in [-0.25, -0.2) is 9.69 Å². The van der Waals surface area contributed by atoms with Gasteiger partial charge >= 0.3 is 6.03 Å². The Morgan fingerprint density at radius 3 is 2.35 bits per heavy atom. The van der Waals surface area contributed by atoms with Crippen molar-refractivity contribution in [1.29, 1.82) is 0 Å². The van der Waals surface area contributed by atoms with E-state index >= 15 is 0 Å². The summed E-state index contributed by atoms with van der Waals surface area (Å²) in [4.78, 5) is 49.9. The molecule has 10 heteroatoms. The number of amides is 4. The van der Waals surface area contributed by atoms with E-state index in [9.17, 15) is 24.5 Å². The molecule has 0 spiro atoms. The average molecular weight is 542 g/mol. The second kappa shape index (κ2) is 12.1. The lowest BCUT2D eigenvalue weighted by Crippen LogP contribution is -2.54. The van der Waals surface area contributed by atoms with Crippen LogP contribution in [-0.2, 0) is 22.6 Å². The molecule has 0 saturated carbocycles. The first-order chi connectivity index (χ1) is 19.2. The van der Waals surface area contributed by atoms with Crippen LogP contribution < -0.4 is 19.7 Å². The molecule has 1 saturated heterocycles. The molecule has 10 nitrogen and oxygen atoms in total. The minimum absolute atomic E-state index is 0.0209. The Morgan fingerprint density at radius 1 is 1.02 bits per heavy atom. The van der Waals surface area contributed by atoms with Gasteiger partial charge < -0.3 is 9.47 Å². The molecule has 4 amide bonds. The number of carbonyl (C=O) groups is 3. The SMILES string of the molecule is C=CCc1cc(/C=C2\C(=O)NC(=O)N(c3ccc(C)cc3)C2=O)cc(OCC)c1OCc1ccc([N+](=O)[O-])cc1. The van der Waals surface area contributed by atoms with E-state index in [1.54, 1.807) is 54.6 Å². The quantitative estimate of drug-likeness (QED) is 0.122. The molecule has 1 N–H and O–H groups in total. The highest BCUT2D eigenvalue weighted by molar-refractivity contribution is 6.39. The van der Waals surface area contributed by atoms with E-state index < -0.39 is 22.8 Å². The van der Waals surface area contributed by atoms with Gasteiger partial charge in [-0.2, -0.15) is 0 Å². The molecule has 0 atom stereocenters. The molecule has 1 fully saturated rings. The van der Waals surface area contributed by atoms with Crippen molar-refractivity contribution in [2.24, 2.45) is 0 Å². The van der Waals surface area contributed by atoms with E-state index in [2.05, 4.69) is 11.9 Å². The van der Waals surface area contributed by atoms with Crippen LogP contribution >= 0.6 is 0 Å². The highest BCUT2D eigenvalue weighted by Crippen LogP contribution is 2.36. The highest BCUT2D eigenvalue weighted by Gasteiger charge is 2.36. The van der Waals surface area contributed by atoms with Crippen molar-refractivity contribution in [1.82, 2.24) is 5.32 Å². The lowest BCUT2D eigenvalue weighted by Gasteiger charge is -2.26. The Kier molecular flexibility index (Phi) is 8.39. The smallest absolute Gasteiger partial charge is 0.335 e. The summed E-state index contributed by atoms with van der Waals surface area (Å²) >= 11 is 0. The summed E-state index contributed by atoms with van der Waals surface area (Å²) in [6.45, 7) is 7.93. The Hall–Kier alpha value is -5.25. The van der Waals surface area contributed by atoms with Crippen molar-refractivity contribution < 1.29 is 28.8 Å². The van der Waals surface area contributed by atoms with Crippen LogP contribution in [0.5, 0.6) is 11.5 Å². The first-order valence-electron chi connectivity index (χ1n) is 12.5. The van der Waals surface area contributed by atoms with E-state index in [1.165, 1.54) is 18.2 Å². The number of nitro groups is 1. The molecule has 0 radical (unpaired) electrons. The molecule has 0 aliphatic carbocycles. The number of barbiturate groups is 1. The monoisotopic (exact) mass is 541 g/mol. The Labute approximate surface area is 230 Å². The third kappa shape index (κ3) is 6.07. The number of allylic oxidation sites excluding steroid dienone is 1. The van der Waals surface area contributed by atoms with Gasteiger partial charge in [0.15, 0.2) is 11.5 Å². The number of non-ortho nitro benzene ring substituents is 1. The number of nitro benzene ring substituents is 1. The van der Waals surface area contributed by atoms with Gasteiger partial charge in [-0.05, 0) is 73.9 Å². The predicted molar refractivity (Wildman–Crippen MR) is 149 cm³/mol. The van der Waals surface area contributed by atoms with Gasteiger partial charge in [0.05, 0.1) is 17.2 Å². The van der Waals surface area contributed by atoms with Crippen LogP contribution in [0.1, 0.15) is 29.2 Å². The maximum Gasteiger partial charge on any atom is 0.335 e. The zero-order valence-electron chi connectivity index (χ0n) is 22.0. The molecule has 1 aliphatic heterocycles. The van der Waals surface area contributed by atoms with E-state index in [0.717, 1.165) is 10.5 Å². The van der Waals surface area contributed by atoms with E-state index in [-0.39, 0.29) is 17.9 Å². The van der Waals surface area contributed by atoms with Crippen LogP contribution in [-0.4, -0.2) is 29.4 Å². The summed E-state index contributed by atoms with van der Waals surface area (Å²) in [5, 5.41) is 13.2. The number of urea groups is 1. The number of hydrogen-bond acceptors (Lipinski definition) is 7. The summed E-state index contributed by atoms with van der Waals surface area (Å²) < 4.78 is 11.9. The van der Waals surface area contributed by atoms with Gasteiger partial charge in [-0.15, -0.1) is 6.58 Å². The van der Waals surface area contributed by atoms with Crippen LogP contribution in [0.2, 0.25) is 0 Å². The largest absolute Gasteiger partial charge is 0.490 e. The number of rotatable bonds is 10. The lowest BCUT2D eigenvalue weighted by atomic mass is 10.0. The number of anilines is 1. The number of ether oxygens (including phenoxy) is 2. The summed E-state index contributed by atoms with van der Waals surface area (Å²) in [6, 6.07) is 15.4. The summed E-state index contributed by atoms with van der Waals surface area (Å²) in [6.07, 6.45) is 3.47. The number of hydrogen-bond donors (Lipinski definition) is 1. The summed E-state index contributed by atoms with van der Waals surface area (Å²) in [5.74, 6) is -0.733. The standard InChI is InChI=1S/C30H27N3O7/c1-4-6-22-15-21(16-25-28(34)31-30(36)32(29(25)35)23-11-7-19(3)8-12-23)17-26(39-5-2)27(22)40-18-20-9-13-24(14-10-20)33(37)38/h4,7-17H,1,5-6,18H2,2-3H3,(H,31,34,36)/b25-16+. The van der Waals surface area contributed by atoms with Gasteiger partial charge in [0.1, 0.15) is 12.2 Å². The lowest BCUT2D eigenvalue weighted by molar-refractivity contribution is -0.384. The zero-order valence-corrected chi connectivity index (χ0v) is 22.0. The maximum absolute atomic E-state index is 13.3. The number of carbonyl (C=O) groups excluding carboxylic acids is 3. The molecule has 3 aromatic carbocycles. The number of nitrogens with zero attached hydrogens (tertiary/aromatic N) is 2. The second-order valence-corrected chi connectivity index (χ2v) is 8.94. The molecule has 0 bridgehead atoms. The fourth-order valence-corrected chi connectivity index (χ4v) is 4.12. The van der Waals surface area contributed by atoms with Crippen LogP contribution in [0.4, 0.5) is 16.2 Å². The van der Waals surface area contributed by atoms with Crippen molar-refractivity contribution in [3.8, 4) is 11.5 Å². The minimum atomic E-state index is -0.826. The van der Waals surface area contributed by atoms with E-state index in [1.807, 2.05) is 13.8 Å². The van der Waals surface area contributed by atoms with Crippen molar-refractivity contribution in [3.05, 3.63) is 111 Å². The van der Waals surface area contributed by atoms with Crippen molar-refractivity contribution >= 4 is 35.3 Å². The Balaban J connectivity index is 1.69. The van der Waals surface area contributed by atoms with Crippen LogP contribution in [0, 0.1) is 17.0 Å². The van der Waals surface area contributed by atoms with Gasteiger partial charge in [0, 0.05) is 17.7 Å². The Morgan fingerprint density at radius 2 is 1.73 bits per heavy atom. The molecule has 1 aliphatic rings. The van der Waals surface area contributed by atoms with Gasteiger partial charge in [-0.3, -0.25) is 25.0 Å². The number of aryl methyl sites for hydroxylation is 1. The van der Waals surface area contributed by atoms with Gasteiger partial charge in [0.2, 0.25) is 0 Å². The van der Waals surface area contributed by atoms with Crippen LogP contribution in [0.15, 0.2) is 78.9 Å². The molecule has 40 heavy (non-hydrogen) atoms. The first-order valence-corrected chi connectivity index (χ1v) is 12.5. The molecular weight excluding hydrogens is 514 g/mol. The van der Waals surface area contributed by atoms with Crippen LogP contribution in [0.25, 0.3) is 6.08 Å². The normalized spacial score (nSPS) is 14.2. The van der Waals surface area contributed by atoms with E-state index in [0.29, 0.717) is 46.9 Å². The fourth-order valence-electron chi connectivity index (χ4n) is 4.12. The topological polar surface area (TPSA) is 128 Å². The predicted octanol–water partition coefficient (Wildman–Crippen LogP) is 5.28. The third-order valence-corrected chi connectivity index (χ3v) is 6.05. The number of nitrogens with one attached hydrogen (secondary N) is 1. The maximum atomic E-state index is 13.3. The van der Waals surface area contributed by atoms with Gasteiger partial charge in [0.25, 0.3) is 17.5 Å². The summed E-state index contributed by atoms with van der Waals surface area (Å²) in [5.41, 5.74) is 2.94. The molecule has 1 heterocycles. The molecule has 0 aromatic heterocycles. The second-order valence-electron chi connectivity index (χ2n) is 8.94. The van der Waals surface area contributed by atoms with E-state index in [4.69, 9.17) is 9.47 Å². The molecule has 204 valence electrons. The number of imide groups is 2. The molecular formula is C30H27N3O7. The average Bonchev–Trinajstić information content (AvgIpc) is 2.92. The van der Waals surface area contributed by atoms with Crippen LogP contribution in [0.3, 0.4) is 0 Å². The van der Waals surface area contributed by atoms with Gasteiger partial charge in [-0.1, -0.05) is 23.8 Å². The summed E-state index contributed by atoms with van der Waals surface area (Å²) in [7, 11) is 0. The highest BCUT2D eigenvalue weighted by atomic mass is 16.6. The molecule has 0 unspecified atom stereocenters. The van der Waals surface area contributed by atoms with Crippen molar-refractivity contribution in [3.63, 3.8) is 0 Å². The first kappa shape index (κ1) is 27.8.